The Hall–Kier alpha value is -0.410. The first kappa shape index (κ1) is 12.7. The van der Waals surface area contributed by atoms with Crippen molar-refractivity contribution >= 4 is 5.78 Å². The van der Waals surface area contributed by atoms with Crippen molar-refractivity contribution in [3.8, 4) is 0 Å². The first-order valence-electron chi connectivity index (χ1n) is 5.88. The smallest absolute Gasteiger partial charge is 0.137 e. The second-order valence-corrected chi connectivity index (χ2v) is 5.01. The van der Waals surface area contributed by atoms with Gasteiger partial charge in [0, 0.05) is 24.9 Å². The normalized spacial score (nSPS) is 29.5. The Morgan fingerprint density at radius 3 is 2.87 bits per heavy atom. The lowest BCUT2D eigenvalue weighted by Crippen LogP contribution is -2.40. The molecule has 3 nitrogen and oxygen atoms in total. The maximum Gasteiger partial charge on any atom is 0.137 e. The van der Waals surface area contributed by atoms with Gasteiger partial charge in [0.15, 0.2) is 0 Å². The number of aliphatic hydroxyl groups excluding tert-OH is 1. The Balaban J connectivity index is 2.45. The van der Waals surface area contributed by atoms with Gasteiger partial charge < -0.3 is 10.0 Å². The molecule has 1 saturated carbocycles. The highest BCUT2D eigenvalue weighted by Gasteiger charge is 2.27. The van der Waals surface area contributed by atoms with Crippen LogP contribution in [-0.4, -0.2) is 42.0 Å². The van der Waals surface area contributed by atoms with Gasteiger partial charge in [0.1, 0.15) is 5.78 Å². The van der Waals surface area contributed by atoms with E-state index in [4.69, 9.17) is 5.11 Å². The van der Waals surface area contributed by atoms with Crippen LogP contribution in [0.2, 0.25) is 0 Å². The molecule has 0 aromatic carbocycles. The monoisotopic (exact) mass is 213 g/mol. The zero-order valence-corrected chi connectivity index (χ0v) is 10.1. The number of Topliss-reactive ketones (excluding diaryl/α,β-unsaturated/α-hetero) is 1. The van der Waals surface area contributed by atoms with Crippen LogP contribution in [0.1, 0.15) is 33.1 Å². The first-order valence-corrected chi connectivity index (χ1v) is 5.88. The lowest BCUT2D eigenvalue weighted by molar-refractivity contribution is -0.126. The summed E-state index contributed by atoms with van der Waals surface area (Å²) in [7, 11) is 1.98. The van der Waals surface area contributed by atoms with Crippen molar-refractivity contribution in [3.05, 3.63) is 0 Å². The molecule has 0 heterocycles. The summed E-state index contributed by atoms with van der Waals surface area (Å²) in [5.74, 6) is 1.27. The van der Waals surface area contributed by atoms with Crippen LogP contribution < -0.4 is 0 Å². The quantitative estimate of drug-likeness (QED) is 0.765. The van der Waals surface area contributed by atoms with E-state index in [2.05, 4.69) is 11.8 Å². The molecule has 0 radical (unpaired) electrons. The summed E-state index contributed by atoms with van der Waals surface area (Å²) in [5, 5.41) is 9.03. The molecule has 1 rings (SSSR count). The van der Waals surface area contributed by atoms with Crippen LogP contribution in [0.15, 0.2) is 0 Å². The molecule has 0 saturated heterocycles. The molecular formula is C12H23NO2. The largest absolute Gasteiger partial charge is 0.395 e. The third-order valence-electron chi connectivity index (χ3n) is 3.55. The Bertz CT molecular complexity index is 218. The van der Waals surface area contributed by atoms with E-state index in [9.17, 15) is 4.79 Å². The topological polar surface area (TPSA) is 40.5 Å². The van der Waals surface area contributed by atoms with Crippen LogP contribution in [0.5, 0.6) is 0 Å². The Morgan fingerprint density at radius 1 is 1.60 bits per heavy atom. The summed E-state index contributed by atoms with van der Waals surface area (Å²) in [6, 6.07) is 0.148. The number of likely N-dealkylation sites (N-methyl/N-ethyl adjacent to an activating group) is 1. The van der Waals surface area contributed by atoms with Crippen LogP contribution >= 0.6 is 0 Å². The predicted molar refractivity (Wildman–Crippen MR) is 60.7 cm³/mol. The number of carbonyl (C=O) groups is 1. The van der Waals surface area contributed by atoms with E-state index in [-0.39, 0.29) is 18.6 Å². The van der Waals surface area contributed by atoms with E-state index in [0.29, 0.717) is 11.7 Å². The van der Waals surface area contributed by atoms with Crippen LogP contribution in [0.4, 0.5) is 0 Å². The lowest BCUT2D eigenvalue weighted by atomic mass is 9.81. The molecule has 88 valence electrons. The van der Waals surface area contributed by atoms with Crippen molar-refractivity contribution in [2.45, 2.75) is 39.2 Å². The molecule has 3 unspecified atom stereocenters. The minimum Gasteiger partial charge on any atom is -0.395 e. The van der Waals surface area contributed by atoms with Crippen LogP contribution in [0.3, 0.4) is 0 Å². The van der Waals surface area contributed by atoms with E-state index in [0.717, 1.165) is 25.8 Å². The van der Waals surface area contributed by atoms with Crippen molar-refractivity contribution in [2.75, 3.05) is 20.2 Å². The average Bonchev–Trinajstić information content (AvgIpc) is 2.22. The minimum atomic E-state index is 0.148. The highest BCUT2D eigenvalue weighted by Crippen LogP contribution is 2.26. The van der Waals surface area contributed by atoms with Crippen LogP contribution in [0, 0.1) is 11.8 Å². The molecular weight excluding hydrogens is 190 g/mol. The zero-order valence-electron chi connectivity index (χ0n) is 10.1. The fraction of sp³-hybridized carbons (Fsp3) is 0.917. The summed E-state index contributed by atoms with van der Waals surface area (Å²) in [6.07, 6.45) is 2.81. The van der Waals surface area contributed by atoms with Gasteiger partial charge in [0.2, 0.25) is 0 Å². The molecule has 3 atom stereocenters. The molecule has 0 aromatic heterocycles. The van der Waals surface area contributed by atoms with E-state index < -0.39 is 0 Å². The summed E-state index contributed by atoms with van der Waals surface area (Å²) in [5.41, 5.74) is 0. The third kappa shape index (κ3) is 3.58. The van der Waals surface area contributed by atoms with Crippen LogP contribution in [-0.2, 0) is 4.79 Å². The maximum atomic E-state index is 11.7. The van der Waals surface area contributed by atoms with Crippen molar-refractivity contribution in [3.63, 3.8) is 0 Å². The van der Waals surface area contributed by atoms with Crippen molar-refractivity contribution < 1.29 is 9.90 Å². The van der Waals surface area contributed by atoms with Crippen molar-refractivity contribution in [1.29, 1.82) is 0 Å². The Morgan fingerprint density at radius 2 is 2.27 bits per heavy atom. The fourth-order valence-corrected chi connectivity index (χ4v) is 2.17. The average molecular weight is 213 g/mol. The van der Waals surface area contributed by atoms with Gasteiger partial charge in [0.05, 0.1) is 6.61 Å². The molecule has 0 bridgehead atoms. The van der Waals surface area contributed by atoms with E-state index in [1.54, 1.807) is 0 Å². The van der Waals surface area contributed by atoms with Gasteiger partial charge in [-0.1, -0.05) is 6.92 Å². The number of ketones is 1. The highest BCUT2D eigenvalue weighted by molar-refractivity contribution is 5.81. The van der Waals surface area contributed by atoms with Gasteiger partial charge >= 0.3 is 0 Å². The molecule has 1 fully saturated rings. The third-order valence-corrected chi connectivity index (χ3v) is 3.55. The number of carbonyl (C=O) groups excluding carboxylic acids is 1. The summed E-state index contributed by atoms with van der Waals surface area (Å²) < 4.78 is 0. The van der Waals surface area contributed by atoms with E-state index >= 15 is 0 Å². The van der Waals surface area contributed by atoms with Gasteiger partial charge in [-0.25, -0.2) is 0 Å². The van der Waals surface area contributed by atoms with Gasteiger partial charge in [-0.15, -0.1) is 0 Å². The number of aliphatic hydroxyl groups is 1. The van der Waals surface area contributed by atoms with Crippen LogP contribution in [0.25, 0.3) is 0 Å². The molecule has 1 aliphatic rings. The Kier molecular flexibility index (Phi) is 4.74. The number of hydrogen-bond acceptors (Lipinski definition) is 3. The van der Waals surface area contributed by atoms with Crippen molar-refractivity contribution in [1.82, 2.24) is 4.90 Å². The lowest BCUT2D eigenvalue weighted by Gasteiger charge is -2.31. The second kappa shape index (κ2) is 5.61. The standard InChI is InChI=1S/C12H23NO2/c1-9-4-5-12(15)11(6-9)7-13(3)10(2)8-14/h9-11,14H,4-8H2,1-3H3. The summed E-state index contributed by atoms with van der Waals surface area (Å²) >= 11 is 0. The van der Waals surface area contributed by atoms with Gasteiger partial charge in [-0.3, -0.25) is 4.79 Å². The number of hydrogen-bond donors (Lipinski definition) is 1. The van der Waals surface area contributed by atoms with Gasteiger partial charge in [-0.05, 0) is 32.7 Å². The fourth-order valence-electron chi connectivity index (χ4n) is 2.17. The van der Waals surface area contributed by atoms with Crippen molar-refractivity contribution in [2.24, 2.45) is 11.8 Å². The Labute approximate surface area is 92.5 Å². The predicted octanol–water partition coefficient (Wildman–Crippen LogP) is 1.30. The summed E-state index contributed by atoms with van der Waals surface area (Å²) in [4.78, 5) is 13.8. The van der Waals surface area contributed by atoms with E-state index in [1.807, 2.05) is 14.0 Å². The molecule has 0 aromatic rings. The zero-order chi connectivity index (χ0) is 11.4. The highest BCUT2D eigenvalue weighted by atomic mass is 16.3. The number of rotatable bonds is 4. The van der Waals surface area contributed by atoms with E-state index in [1.165, 1.54) is 0 Å². The van der Waals surface area contributed by atoms with Gasteiger partial charge in [0.25, 0.3) is 0 Å². The molecule has 0 aliphatic heterocycles. The molecule has 0 spiro atoms. The minimum absolute atomic E-state index is 0.148. The maximum absolute atomic E-state index is 11.7. The molecule has 0 amide bonds. The second-order valence-electron chi connectivity index (χ2n) is 5.01. The van der Waals surface area contributed by atoms with Gasteiger partial charge in [-0.2, -0.15) is 0 Å². The molecule has 3 heteroatoms. The first-order chi connectivity index (χ1) is 7.04. The molecule has 15 heavy (non-hydrogen) atoms. The molecule has 1 N–H and O–H groups in total. The number of nitrogens with zero attached hydrogens (tertiary/aromatic N) is 1. The SMILES string of the molecule is CC1CCC(=O)C(CN(C)C(C)CO)C1. The summed E-state index contributed by atoms with van der Waals surface area (Å²) in [6.45, 7) is 5.16. The molecule has 1 aliphatic carbocycles.